The van der Waals surface area contributed by atoms with Crippen LogP contribution in [0.3, 0.4) is 0 Å². The largest absolute Gasteiger partial charge is 0.330 e. The van der Waals surface area contributed by atoms with Crippen LogP contribution >= 0.6 is 47.8 Å². The lowest BCUT2D eigenvalue weighted by atomic mass is 9.97. The van der Waals surface area contributed by atoms with Crippen LogP contribution in [0, 0.1) is 5.92 Å². The molecule has 1 aromatic rings. The number of carbonyl (C=O) groups excluding carboxylic acids is 1. The summed E-state index contributed by atoms with van der Waals surface area (Å²) < 4.78 is 2.64. The highest BCUT2D eigenvalue weighted by Crippen LogP contribution is 2.34. The molecule has 1 aliphatic rings. The molecule has 1 aromatic carbocycles. The Kier molecular flexibility index (Phi) is 6.68. The fourth-order valence-electron chi connectivity index (χ4n) is 2.42. The van der Waals surface area contributed by atoms with Gasteiger partial charge in [0.05, 0.1) is 12.2 Å². The maximum Gasteiger partial charge on any atom is 0.238 e. The summed E-state index contributed by atoms with van der Waals surface area (Å²) in [5.74, 6) is 0.615. The van der Waals surface area contributed by atoms with Gasteiger partial charge < -0.3 is 11.1 Å². The average Bonchev–Trinajstić information content (AvgIpc) is 2.43. The van der Waals surface area contributed by atoms with Crippen molar-refractivity contribution in [3.63, 3.8) is 0 Å². The van der Waals surface area contributed by atoms with E-state index in [9.17, 15) is 4.79 Å². The van der Waals surface area contributed by atoms with E-state index in [1.807, 2.05) is 12.1 Å². The summed E-state index contributed by atoms with van der Waals surface area (Å²) >= 11 is 10.3. The quantitative estimate of drug-likeness (QED) is 0.688. The first-order valence-electron chi connectivity index (χ1n) is 6.86. The normalized spacial score (nSPS) is 17.0. The molecular weight excluding hydrogens is 466 g/mol. The fraction of sp³-hybridized carbons (Fsp3) is 0.500. The second-order valence-corrected chi connectivity index (χ2v) is 7.87. The molecular formula is C14H18Br3N3O. The molecule has 0 aromatic heterocycles. The van der Waals surface area contributed by atoms with Crippen LogP contribution in [0.25, 0.3) is 0 Å². The highest BCUT2D eigenvalue weighted by Gasteiger charge is 2.20. The molecule has 1 aliphatic heterocycles. The number of nitrogens with one attached hydrogen (secondary N) is 1. The van der Waals surface area contributed by atoms with E-state index in [0.717, 1.165) is 51.6 Å². The van der Waals surface area contributed by atoms with Crippen molar-refractivity contribution in [2.24, 2.45) is 11.7 Å². The number of carbonyl (C=O) groups is 1. The molecule has 1 heterocycles. The lowest BCUT2D eigenvalue weighted by Gasteiger charge is -2.30. The van der Waals surface area contributed by atoms with Crippen LogP contribution < -0.4 is 11.1 Å². The third kappa shape index (κ3) is 5.03. The van der Waals surface area contributed by atoms with Crippen molar-refractivity contribution in [3.8, 4) is 0 Å². The number of hydrogen-bond acceptors (Lipinski definition) is 3. The average molecular weight is 484 g/mol. The number of benzene rings is 1. The number of halogens is 3. The van der Waals surface area contributed by atoms with E-state index in [-0.39, 0.29) is 5.91 Å². The van der Waals surface area contributed by atoms with Gasteiger partial charge in [0, 0.05) is 13.4 Å². The van der Waals surface area contributed by atoms with Gasteiger partial charge in [-0.3, -0.25) is 9.69 Å². The third-order valence-corrected chi connectivity index (χ3v) is 5.39. The van der Waals surface area contributed by atoms with Gasteiger partial charge in [-0.1, -0.05) is 15.9 Å². The maximum absolute atomic E-state index is 12.2. The number of anilines is 1. The van der Waals surface area contributed by atoms with Gasteiger partial charge in [0.15, 0.2) is 0 Å². The minimum atomic E-state index is 0.00456. The van der Waals surface area contributed by atoms with Crippen molar-refractivity contribution in [3.05, 3.63) is 25.6 Å². The maximum atomic E-state index is 12.2. The summed E-state index contributed by atoms with van der Waals surface area (Å²) in [6.45, 7) is 3.06. The molecule has 116 valence electrons. The van der Waals surface area contributed by atoms with Gasteiger partial charge in [-0.05, 0) is 82.4 Å². The molecule has 1 fully saturated rings. The minimum absolute atomic E-state index is 0.00456. The van der Waals surface area contributed by atoms with Gasteiger partial charge in [-0.25, -0.2) is 0 Å². The van der Waals surface area contributed by atoms with Crippen molar-refractivity contribution in [1.82, 2.24) is 4.90 Å². The lowest BCUT2D eigenvalue weighted by molar-refractivity contribution is -0.117. The highest BCUT2D eigenvalue weighted by molar-refractivity contribution is 9.11. The van der Waals surface area contributed by atoms with Crippen LogP contribution in [0.15, 0.2) is 25.6 Å². The number of likely N-dealkylation sites (tertiary alicyclic amines) is 1. The molecule has 0 spiro atoms. The summed E-state index contributed by atoms with van der Waals surface area (Å²) in [6.07, 6.45) is 2.16. The van der Waals surface area contributed by atoms with Crippen LogP contribution in [-0.2, 0) is 4.79 Å². The molecule has 4 nitrogen and oxygen atoms in total. The number of nitrogens with zero attached hydrogens (tertiary/aromatic N) is 1. The molecule has 3 N–H and O–H groups in total. The van der Waals surface area contributed by atoms with Gasteiger partial charge in [0.25, 0.3) is 0 Å². The molecule has 0 radical (unpaired) electrons. The fourth-order valence-corrected chi connectivity index (χ4v) is 4.88. The zero-order valence-electron chi connectivity index (χ0n) is 11.5. The molecule has 21 heavy (non-hydrogen) atoms. The number of piperidine rings is 1. The zero-order chi connectivity index (χ0) is 15.4. The van der Waals surface area contributed by atoms with Crippen LogP contribution in [0.1, 0.15) is 12.8 Å². The first kappa shape index (κ1) is 17.4. The van der Waals surface area contributed by atoms with Crippen molar-refractivity contribution >= 4 is 59.4 Å². The lowest BCUT2D eigenvalue weighted by Crippen LogP contribution is -2.40. The van der Waals surface area contributed by atoms with E-state index in [1.54, 1.807) is 0 Å². The molecule has 1 saturated heterocycles. The molecule has 2 rings (SSSR count). The molecule has 0 saturated carbocycles. The first-order chi connectivity index (χ1) is 9.99. The number of amides is 1. The molecule has 0 aliphatic carbocycles. The van der Waals surface area contributed by atoms with E-state index < -0.39 is 0 Å². The first-order valence-corrected chi connectivity index (χ1v) is 9.24. The zero-order valence-corrected chi connectivity index (χ0v) is 16.3. The monoisotopic (exact) mass is 481 g/mol. The van der Waals surface area contributed by atoms with E-state index in [4.69, 9.17) is 5.73 Å². The Hall–Kier alpha value is 0.0500. The van der Waals surface area contributed by atoms with E-state index in [1.165, 1.54) is 0 Å². The molecule has 1 amide bonds. The topological polar surface area (TPSA) is 58.4 Å². The van der Waals surface area contributed by atoms with Gasteiger partial charge >= 0.3 is 0 Å². The summed E-state index contributed by atoms with van der Waals surface area (Å²) in [5.41, 5.74) is 6.45. The second-order valence-electron chi connectivity index (χ2n) is 5.25. The van der Waals surface area contributed by atoms with Crippen LogP contribution in [0.2, 0.25) is 0 Å². The minimum Gasteiger partial charge on any atom is -0.330 e. The SMILES string of the molecule is NCC1CCN(CC(=O)Nc2c(Br)cc(Br)cc2Br)CC1. The summed E-state index contributed by atoms with van der Waals surface area (Å²) in [4.78, 5) is 14.4. The summed E-state index contributed by atoms with van der Waals surface area (Å²) in [6, 6.07) is 3.82. The van der Waals surface area contributed by atoms with E-state index in [2.05, 4.69) is 58.0 Å². The van der Waals surface area contributed by atoms with Crippen molar-refractivity contribution in [1.29, 1.82) is 0 Å². The Balaban J connectivity index is 1.91. The van der Waals surface area contributed by atoms with Gasteiger partial charge in [-0.15, -0.1) is 0 Å². The predicted octanol–water partition coefficient (Wildman–Crippen LogP) is 3.58. The number of rotatable bonds is 4. The Bertz CT molecular complexity index is 493. The smallest absolute Gasteiger partial charge is 0.238 e. The van der Waals surface area contributed by atoms with Crippen molar-refractivity contribution < 1.29 is 4.79 Å². The van der Waals surface area contributed by atoms with Crippen molar-refractivity contribution in [2.45, 2.75) is 12.8 Å². The number of nitrogens with two attached hydrogens (primary N) is 1. The predicted molar refractivity (Wildman–Crippen MR) is 96.4 cm³/mol. The summed E-state index contributed by atoms with van der Waals surface area (Å²) in [7, 11) is 0. The Morgan fingerprint density at radius 1 is 1.24 bits per heavy atom. The molecule has 0 bridgehead atoms. The Morgan fingerprint density at radius 3 is 2.33 bits per heavy atom. The number of hydrogen-bond donors (Lipinski definition) is 2. The van der Waals surface area contributed by atoms with Gasteiger partial charge in [0.2, 0.25) is 5.91 Å². The molecule has 0 atom stereocenters. The van der Waals surface area contributed by atoms with Crippen molar-refractivity contribution in [2.75, 3.05) is 31.5 Å². The standard InChI is InChI=1S/C14H18Br3N3O/c15-10-5-11(16)14(12(17)6-10)19-13(21)8-20-3-1-9(7-18)2-4-20/h5-6,9H,1-4,7-8,18H2,(H,19,21). The van der Waals surface area contributed by atoms with Crippen LogP contribution in [0.4, 0.5) is 5.69 Å². The Morgan fingerprint density at radius 2 is 1.81 bits per heavy atom. The van der Waals surface area contributed by atoms with E-state index >= 15 is 0 Å². The molecule has 7 heteroatoms. The van der Waals surface area contributed by atoms with Gasteiger partial charge in [-0.2, -0.15) is 0 Å². The van der Waals surface area contributed by atoms with Crippen LogP contribution in [0.5, 0.6) is 0 Å². The third-order valence-electron chi connectivity index (χ3n) is 3.68. The molecule has 0 unspecified atom stereocenters. The van der Waals surface area contributed by atoms with Gasteiger partial charge in [0.1, 0.15) is 0 Å². The van der Waals surface area contributed by atoms with Crippen LogP contribution in [-0.4, -0.2) is 37.0 Å². The highest BCUT2D eigenvalue weighted by atomic mass is 79.9. The second kappa shape index (κ2) is 8.06. The Labute approximate surface area is 150 Å². The van der Waals surface area contributed by atoms with E-state index in [0.29, 0.717) is 12.5 Å². The summed E-state index contributed by atoms with van der Waals surface area (Å²) in [5, 5.41) is 2.96.